The predicted molar refractivity (Wildman–Crippen MR) is 68.1 cm³/mol. The van der Waals surface area contributed by atoms with Gasteiger partial charge in [-0.1, -0.05) is 12.1 Å². The Morgan fingerprint density at radius 3 is 2.17 bits per heavy atom. The smallest absolute Gasteiger partial charge is 0.211 e. The maximum Gasteiger partial charge on any atom is 0.211 e. The Morgan fingerprint density at radius 2 is 1.67 bits per heavy atom. The summed E-state index contributed by atoms with van der Waals surface area (Å²) in [6, 6.07) is 6.42. The average molecular weight is 272 g/mol. The fourth-order valence-electron chi connectivity index (χ4n) is 2.07. The summed E-state index contributed by atoms with van der Waals surface area (Å²) in [5.74, 6) is -0.236. The number of sulfonamides is 1. The molecular weight excluding hydrogens is 255 g/mol. The molecule has 0 unspecified atom stereocenters. The first kappa shape index (κ1) is 13.5. The first-order valence-electron chi connectivity index (χ1n) is 5.87. The quantitative estimate of drug-likeness (QED) is 0.821. The second-order valence-electron chi connectivity index (χ2n) is 4.56. The van der Waals surface area contributed by atoms with Gasteiger partial charge >= 0.3 is 0 Å². The number of piperazine rings is 1. The minimum atomic E-state index is -3.07. The molecule has 1 saturated heterocycles. The number of hydrogen-bond donors (Lipinski definition) is 0. The third-order valence-corrected chi connectivity index (χ3v) is 4.42. The van der Waals surface area contributed by atoms with Crippen LogP contribution in [0.2, 0.25) is 0 Å². The summed E-state index contributed by atoms with van der Waals surface area (Å²) in [4.78, 5) is 2.18. The summed E-state index contributed by atoms with van der Waals surface area (Å²) in [6.07, 6.45) is 1.24. The van der Waals surface area contributed by atoms with Crippen molar-refractivity contribution < 1.29 is 12.8 Å². The second kappa shape index (κ2) is 5.34. The van der Waals surface area contributed by atoms with Gasteiger partial charge in [-0.2, -0.15) is 4.31 Å². The van der Waals surface area contributed by atoms with E-state index in [1.54, 1.807) is 12.1 Å². The van der Waals surface area contributed by atoms with Crippen LogP contribution in [-0.2, 0) is 16.6 Å². The summed E-state index contributed by atoms with van der Waals surface area (Å²) >= 11 is 0. The fraction of sp³-hybridized carbons (Fsp3) is 0.500. The molecule has 0 amide bonds. The van der Waals surface area contributed by atoms with Crippen LogP contribution in [0, 0.1) is 5.82 Å². The largest absolute Gasteiger partial charge is 0.296 e. The van der Waals surface area contributed by atoms with Crippen LogP contribution in [0.15, 0.2) is 24.3 Å². The lowest BCUT2D eigenvalue weighted by Gasteiger charge is -2.33. The van der Waals surface area contributed by atoms with Crippen molar-refractivity contribution in [2.45, 2.75) is 6.54 Å². The van der Waals surface area contributed by atoms with Crippen LogP contribution in [0.5, 0.6) is 0 Å². The molecule has 0 saturated carbocycles. The maximum atomic E-state index is 12.8. The Hall–Kier alpha value is -0.980. The standard InChI is InChI=1S/C12H17FN2O2S/c1-18(16,17)15-8-6-14(7-9-15)10-11-2-4-12(13)5-3-11/h2-5H,6-10H2,1H3. The average Bonchev–Trinajstić information content (AvgIpc) is 2.32. The first-order chi connectivity index (χ1) is 8.45. The Morgan fingerprint density at radius 1 is 1.11 bits per heavy atom. The van der Waals surface area contributed by atoms with E-state index in [1.165, 1.54) is 22.7 Å². The SMILES string of the molecule is CS(=O)(=O)N1CCN(Cc2ccc(F)cc2)CC1. The van der Waals surface area contributed by atoms with E-state index >= 15 is 0 Å². The van der Waals surface area contributed by atoms with Gasteiger partial charge in [0.25, 0.3) is 0 Å². The van der Waals surface area contributed by atoms with E-state index in [2.05, 4.69) is 4.90 Å². The van der Waals surface area contributed by atoms with E-state index in [0.29, 0.717) is 26.2 Å². The highest BCUT2D eigenvalue weighted by Gasteiger charge is 2.23. The van der Waals surface area contributed by atoms with E-state index in [-0.39, 0.29) is 5.82 Å². The van der Waals surface area contributed by atoms with Gasteiger partial charge in [0.2, 0.25) is 10.0 Å². The van der Waals surface area contributed by atoms with Gasteiger partial charge in [0.1, 0.15) is 5.82 Å². The van der Waals surface area contributed by atoms with Gasteiger partial charge in [0.15, 0.2) is 0 Å². The van der Waals surface area contributed by atoms with Crippen LogP contribution < -0.4 is 0 Å². The van der Waals surface area contributed by atoms with Gasteiger partial charge in [-0.05, 0) is 17.7 Å². The molecule has 100 valence electrons. The summed E-state index contributed by atoms with van der Waals surface area (Å²) in [5, 5.41) is 0. The molecular formula is C12H17FN2O2S. The summed E-state index contributed by atoms with van der Waals surface area (Å²) < 4.78 is 37.0. The zero-order chi connectivity index (χ0) is 13.2. The minimum absolute atomic E-state index is 0.236. The van der Waals surface area contributed by atoms with E-state index in [9.17, 15) is 12.8 Å². The van der Waals surface area contributed by atoms with Crippen molar-refractivity contribution in [3.8, 4) is 0 Å². The molecule has 0 spiro atoms. The molecule has 0 aromatic heterocycles. The highest BCUT2D eigenvalue weighted by atomic mass is 32.2. The molecule has 1 aliphatic heterocycles. The van der Waals surface area contributed by atoms with Crippen LogP contribution in [-0.4, -0.2) is 50.1 Å². The van der Waals surface area contributed by atoms with Crippen LogP contribution in [0.1, 0.15) is 5.56 Å². The lowest BCUT2D eigenvalue weighted by molar-refractivity contribution is 0.182. The van der Waals surface area contributed by atoms with Crippen LogP contribution in [0.3, 0.4) is 0 Å². The van der Waals surface area contributed by atoms with Crippen molar-refractivity contribution >= 4 is 10.0 Å². The van der Waals surface area contributed by atoms with E-state index in [4.69, 9.17) is 0 Å². The number of benzene rings is 1. The van der Waals surface area contributed by atoms with Crippen molar-refractivity contribution in [2.24, 2.45) is 0 Å². The fourth-order valence-corrected chi connectivity index (χ4v) is 2.89. The van der Waals surface area contributed by atoms with Gasteiger partial charge in [0.05, 0.1) is 6.26 Å². The molecule has 0 N–H and O–H groups in total. The van der Waals surface area contributed by atoms with Gasteiger partial charge in [-0.25, -0.2) is 12.8 Å². The van der Waals surface area contributed by atoms with Gasteiger partial charge in [-0.15, -0.1) is 0 Å². The van der Waals surface area contributed by atoms with E-state index in [0.717, 1.165) is 12.1 Å². The van der Waals surface area contributed by atoms with E-state index < -0.39 is 10.0 Å². The van der Waals surface area contributed by atoms with Crippen LogP contribution in [0.25, 0.3) is 0 Å². The Kier molecular flexibility index (Phi) is 3.99. The molecule has 0 bridgehead atoms. The number of rotatable bonds is 3. The number of nitrogens with zero attached hydrogens (tertiary/aromatic N) is 2. The molecule has 6 heteroatoms. The molecule has 1 aliphatic rings. The monoisotopic (exact) mass is 272 g/mol. The topological polar surface area (TPSA) is 40.6 Å². The van der Waals surface area contributed by atoms with Crippen molar-refractivity contribution in [1.82, 2.24) is 9.21 Å². The van der Waals surface area contributed by atoms with Crippen molar-refractivity contribution in [3.05, 3.63) is 35.6 Å². The zero-order valence-electron chi connectivity index (χ0n) is 10.3. The molecule has 0 aliphatic carbocycles. The predicted octanol–water partition coefficient (Wildman–Crippen LogP) is 0.903. The van der Waals surface area contributed by atoms with Crippen LogP contribution >= 0.6 is 0 Å². The molecule has 1 fully saturated rings. The molecule has 18 heavy (non-hydrogen) atoms. The Bertz CT molecular complexity index is 493. The van der Waals surface area contributed by atoms with Gasteiger partial charge < -0.3 is 0 Å². The summed E-state index contributed by atoms with van der Waals surface area (Å²) in [6.45, 7) is 3.22. The number of hydrogen-bond acceptors (Lipinski definition) is 3. The lowest BCUT2D eigenvalue weighted by Crippen LogP contribution is -2.47. The third-order valence-electron chi connectivity index (χ3n) is 3.12. The molecule has 4 nitrogen and oxygen atoms in total. The van der Waals surface area contributed by atoms with Crippen molar-refractivity contribution in [1.29, 1.82) is 0 Å². The summed E-state index contributed by atoms with van der Waals surface area (Å²) in [5.41, 5.74) is 1.05. The zero-order valence-corrected chi connectivity index (χ0v) is 11.2. The molecule has 1 heterocycles. The van der Waals surface area contributed by atoms with Crippen LogP contribution in [0.4, 0.5) is 4.39 Å². The summed E-state index contributed by atoms with van der Waals surface area (Å²) in [7, 11) is -3.07. The Labute approximate surface area is 107 Å². The molecule has 1 aromatic rings. The van der Waals surface area contributed by atoms with Crippen molar-refractivity contribution in [3.63, 3.8) is 0 Å². The minimum Gasteiger partial charge on any atom is -0.296 e. The maximum absolute atomic E-state index is 12.8. The molecule has 0 radical (unpaired) electrons. The normalized spacial score (nSPS) is 19.0. The van der Waals surface area contributed by atoms with Gasteiger partial charge in [0, 0.05) is 32.7 Å². The first-order valence-corrected chi connectivity index (χ1v) is 7.72. The number of halogens is 1. The molecule has 0 atom stereocenters. The highest BCUT2D eigenvalue weighted by molar-refractivity contribution is 7.88. The lowest BCUT2D eigenvalue weighted by atomic mass is 10.2. The van der Waals surface area contributed by atoms with Crippen molar-refractivity contribution in [2.75, 3.05) is 32.4 Å². The third kappa shape index (κ3) is 3.51. The second-order valence-corrected chi connectivity index (χ2v) is 6.55. The molecule has 2 rings (SSSR count). The highest BCUT2D eigenvalue weighted by Crippen LogP contribution is 2.11. The van der Waals surface area contributed by atoms with E-state index in [1.807, 2.05) is 0 Å². The van der Waals surface area contributed by atoms with Gasteiger partial charge in [-0.3, -0.25) is 4.90 Å². The molecule has 1 aromatic carbocycles. The Balaban J connectivity index is 1.89.